The molecule has 0 spiro atoms. The van der Waals surface area contributed by atoms with E-state index in [1.54, 1.807) is 6.26 Å². The molecule has 1 aliphatic rings. The van der Waals surface area contributed by atoms with Crippen LogP contribution < -0.4 is 5.32 Å². The lowest BCUT2D eigenvalue weighted by atomic mass is 10.3. The van der Waals surface area contributed by atoms with Crippen molar-refractivity contribution in [3.8, 4) is 0 Å². The van der Waals surface area contributed by atoms with Crippen LogP contribution in [0.5, 0.6) is 0 Å². The van der Waals surface area contributed by atoms with E-state index in [1.807, 2.05) is 17.4 Å². The first-order valence-corrected chi connectivity index (χ1v) is 8.29. The maximum atomic E-state index is 5.46. The summed E-state index contributed by atoms with van der Waals surface area (Å²) >= 11 is 1.84. The molecule has 0 atom stereocenters. The summed E-state index contributed by atoms with van der Waals surface area (Å²) in [5.74, 6) is 1.08. The van der Waals surface area contributed by atoms with Crippen molar-refractivity contribution in [2.75, 3.05) is 19.6 Å². The van der Waals surface area contributed by atoms with Gasteiger partial charge in [0.1, 0.15) is 5.76 Å². The maximum Gasteiger partial charge on any atom is 0.117 e. The van der Waals surface area contributed by atoms with Gasteiger partial charge in [-0.2, -0.15) is 0 Å². The number of hydrogen-bond acceptors (Lipinski definition) is 4. The zero-order chi connectivity index (χ0) is 13.6. The van der Waals surface area contributed by atoms with Gasteiger partial charge >= 0.3 is 0 Å². The molecule has 0 saturated heterocycles. The number of hydrogen-bond donors (Lipinski definition) is 1. The summed E-state index contributed by atoms with van der Waals surface area (Å²) in [6.45, 7) is 4.18. The minimum absolute atomic E-state index is 0.777. The van der Waals surface area contributed by atoms with Crippen molar-refractivity contribution in [2.24, 2.45) is 0 Å². The molecule has 0 unspecified atom stereocenters. The Morgan fingerprint density at radius 3 is 2.90 bits per heavy atom. The lowest BCUT2D eigenvalue weighted by molar-refractivity contribution is 0.234. The number of rotatable bonds is 9. The molecule has 1 N–H and O–H groups in total. The van der Waals surface area contributed by atoms with Crippen LogP contribution >= 0.6 is 11.3 Å². The normalized spacial score (nSPS) is 15.1. The molecule has 2 aromatic heterocycles. The second-order valence-corrected chi connectivity index (χ2v) is 6.39. The van der Waals surface area contributed by atoms with Crippen LogP contribution in [-0.4, -0.2) is 30.6 Å². The van der Waals surface area contributed by atoms with Crippen molar-refractivity contribution in [3.63, 3.8) is 0 Å². The van der Waals surface area contributed by atoms with Crippen molar-refractivity contribution >= 4 is 11.3 Å². The summed E-state index contributed by atoms with van der Waals surface area (Å²) in [5.41, 5.74) is 0. The molecule has 0 amide bonds. The lowest BCUT2D eigenvalue weighted by Crippen LogP contribution is -2.34. The van der Waals surface area contributed by atoms with Gasteiger partial charge in [-0.15, -0.1) is 11.3 Å². The third-order valence-electron chi connectivity index (χ3n) is 3.71. The topological polar surface area (TPSA) is 28.4 Å². The minimum Gasteiger partial charge on any atom is -0.468 e. The molecule has 4 heteroatoms. The molecule has 0 aliphatic heterocycles. The third kappa shape index (κ3) is 4.20. The zero-order valence-electron chi connectivity index (χ0n) is 11.8. The smallest absolute Gasteiger partial charge is 0.117 e. The summed E-state index contributed by atoms with van der Waals surface area (Å²) < 4.78 is 5.46. The first-order chi connectivity index (χ1) is 9.92. The standard InChI is InChI=1S/C16H22N2OS/c1-3-15(19-11-1)13-18(14-5-6-14)10-9-17-8-7-16-4-2-12-20-16/h1-4,11-12,14,17H,5-10,13H2. The van der Waals surface area contributed by atoms with Gasteiger partial charge in [0, 0.05) is 30.6 Å². The Kier molecular flexibility index (Phi) is 4.90. The molecule has 2 heterocycles. The molecule has 1 saturated carbocycles. The SMILES string of the molecule is c1coc(CN(CCNCCc2cccs2)C2CC2)c1. The Labute approximate surface area is 124 Å². The number of nitrogens with one attached hydrogen (secondary N) is 1. The van der Waals surface area contributed by atoms with E-state index in [0.29, 0.717) is 0 Å². The molecule has 3 rings (SSSR count). The Balaban J connectivity index is 1.35. The van der Waals surface area contributed by atoms with E-state index in [0.717, 1.165) is 44.4 Å². The van der Waals surface area contributed by atoms with Crippen LogP contribution in [0.2, 0.25) is 0 Å². The minimum atomic E-state index is 0.777. The third-order valence-corrected chi connectivity index (χ3v) is 4.64. The van der Waals surface area contributed by atoms with Crippen LogP contribution in [0.25, 0.3) is 0 Å². The first kappa shape index (κ1) is 13.9. The van der Waals surface area contributed by atoms with Crippen molar-refractivity contribution < 1.29 is 4.42 Å². The van der Waals surface area contributed by atoms with Crippen molar-refractivity contribution in [1.29, 1.82) is 0 Å². The highest BCUT2D eigenvalue weighted by Gasteiger charge is 2.28. The van der Waals surface area contributed by atoms with E-state index in [2.05, 4.69) is 33.8 Å². The Bertz CT molecular complexity index is 477. The van der Waals surface area contributed by atoms with Gasteiger partial charge in [0.15, 0.2) is 0 Å². The van der Waals surface area contributed by atoms with Crippen LogP contribution in [0.15, 0.2) is 40.3 Å². The Morgan fingerprint density at radius 2 is 2.20 bits per heavy atom. The van der Waals surface area contributed by atoms with Gasteiger partial charge in [0.2, 0.25) is 0 Å². The van der Waals surface area contributed by atoms with E-state index < -0.39 is 0 Å². The second-order valence-electron chi connectivity index (χ2n) is 5.36. The second kappa shape index (κ2) is 7.07. The van der Waals surface area contributed by atoms with E-state index in [4.69, 9.17) is 4.42 Å². The quantitative estimate of drug-likeness (QED) is 0.719. The predicted octanol–water partition coefficient (Wildman–Crippen LogP) is 3.14. The lowest BCUT2D eigenvalue weighted by Gasteiger charge is -2.20. The van der Waals surface area contributed by atoms with Gasteiger partial charge in [0.25, 0.3) is 0 Å². The van der Waals surface area contributed by atoms with Gasteiger partial charge < -0.3 is 9.73 Å². The van der Waals surface area contributed by atoms with Gasteiger partial charge in [-0.05, 0) is 42.8 Å². The van der Waals surface area contributed by atoms with Crippen LogP contribution in [0, 0.1) is 0 Å². The molecular formula is C16H22N2OS. The number of thiophene rings is 1. The van der Waals surface area contributed by atoms with Crippen molar-refractivity contribution in [1.82, 2.24) is 10.2 Å². The monoisotopic (exact) mass is 290 g/mol. The van der Waals surface area contributed by atoms with Gasteiger partial charge in [0.05, 0.1) is 12.8 Å². The highest BCUT2D eigenvalue weighted by atomic mass is 32.1. The molecule has 1 aliphatic carbocycles. The predicted molar refractivity (Wildman–Crippen MR) is 83.0 cm³/mol. The fourth-order valence-corrected chi connectivity index (χ4v) is 3.16. The fraction of sp³-hybridized carbons (Fsp3) is 0.500. The molecular weight excluding hydrogens is 268 g/mol. The molecule has 1 fully saturated rings. The fourth-order valence-electron chi connectivity index (χ4n) is 2.45. The zero-order valence-corrected chi connectivity index (χ0v) is 12.6. The average Bonchev–Trinajstić information content (AvgIpc) is 2.96. The molecule has 0 aromatic carbocycles. The molecule has 0 radical (unpaired) electrons. The molecule has 20 heavy (non-hydrogen) atoms. The summed E-state index contributed by atoms with van der Waals surface area (Å²) in [6.07, 6.45) is 5.59. The maximum absolute atomic E-state index is 5.46. The van der Waals surface area contributed by atoms with E-state index in [1.165, 1.54) is 17.7 Å². The summed E-state index contributed by atoms with van der Waals surface area (Å²) in [5, 5.41) is 5.70. The molecule has 0 bridgehead atoms. The largest absolute Gasteiger partial charge is 0.468 e. The Hall–Kier alpha value is -1.10. The van der Waals surface area contributed by atoms with Crippen LogP contribution in [-0.2, 0) is 13.0 Å². The van der Waals surface area contributed by atoms with E-state index >= 15 is 0 Å². The van der Waals surface area contributed by atoms with Crippen LogP contribution in [0.4, 0.5) is 0 Å². The van der Waals surface area contributed by atoms with Crippen molar-refractivity contribution in [2.45, 2.75) is 31.8 Å². The van der Waals surface area contributed by atoms with Crippen molar-refractivity contribution in [3.05, 3.63) is 46.5 Å². The molecule has 108 valence electrons. The van der Waals surface area contributed by atoms with Gasteiger partial charge in [-0.25, -0.2) is 0 Å². The average molecular weight is 290 g/mol. The van der Waals surface area contributed by atoms with Gasteiger partial charge in [-0.1, -0.05) is 6.07 Å². The molecule has 2 aromatic rings. The summed E-state index contributed by atoms with van der Waals surface area (Å²) in [4.78, 5) is 4.00. The number of furan rings is 1. The Morgan fingerprint density at radius 1 is 1.25 bits per heavy atom. The van der Waals surface area contributed by atoms with Crippen LogP contribution in [0.3, 0.4) is 0 Å². The number of nitrogens with zero attached hydrogens (tertiary/aromatic N) is 1. The van der Waals surface area contributed by atoms with E-state index in [9.17, 15) is 0 Å². The van der Waals surface area contributed by atoms with Crippen LogP contribution in [0.1, 0.15) is 23.5 Å². The molecule has 3 nitrogen and oxygen atoms in total. The summed E-state index contributed by atoms with van der Waals surface area (Å²) in [6, 6.07) is 9.15. The highest BCUT2D eigenvalue weighted by Crippen LogP contribution is 2.27. The highest BCUT2D eigenvalue weighted by molar-refractivity contribution is 7.09. The summed E-state index contributed by atoms with van der Waals surface area (Å²) in [7, 11) is 0. The van der Waals surface area contributed by atoms with Gasteiger partial charge in [-0.3, -0.25) is 4.90 Å². The first-order valence-electron chi connectivity index (χ1n) is 7.41. The van der Waals surface area contributed by atoms with E-state index in [-0.39, 0.29) is 0 Å².